The molecule has 0 aliphatic heterocycles. The van der Waals surface area contributed by atoms with Gasteiger partial charge in [0.25, 0.3) is 0 Å². The number of hydrogen-bond acceptors (Lipinski definition) is 1. The van der Waals surface area contributed by atoms with Gasteiger partial charge in [-0.3, -0.25) is 4.79 Å². The first-order valence-electron chi connectivity index (χ1n) is 8.20. The smallest absolute Gasteiger partial charge is 0.133 e. The van der Waals surface area contributed by atoms with Gasteiger partial charge in [-0.15, -0.1) is 0 Å². The lowest BCUT2D eigenvalue weighted by molar-refractivity contribution is -0.120. The molecule has 2 atom stereocenters. The van der Waals surface area contributed by atoms with Gasteiger partial charge in [-0.25, -0.2) is 0 Å². The van der Waals surface area contributed by atoms with Crippen LogP contribution in [0.2, 0.25) is 0 Å². The van der Waals surface area contributed by atoms with Crippen molar-refractivity contribution in [2.24, 2.45) is 11.8 Å². The maximum absolute atomic E-state index is 11.9. The van der Waals surface area contributed by atoms with Crippen LogP contribution in [0.15, 0.2) is 0 Å². The Bertz CT molecular complexity index is 200. The lowest BCUT2D eigenvalue weighted by atomic mass is 9.92. The first-order valence-corrected chi connectivity index (χ1v) is 8.20. The molecule has 1 aliphatic carbocycles. The summed E-state index contributed by atoms with van der Waals surface area (Å²) in [5.74, 6) is 1.72. The molecule has 1 rings (SSSR count). The molecule has 0 aromatic rings. The van der Waals surface area contributed by atoms with Crippen molar-refractivity contribution in [3.8, 4) is 0 Å². The lowest BCUT2D eigenvalue weighted by Crippen LogP contribution is -2.10. The number of hydrogen-bond donors (Lipinski definition) is 0. The second-order valence-corrected chi connectivity index (χ2v) is 6.56. The van der Waals surface area contributed by atoms with Crippen LogP contribution in [0.25, 0.3) is 0 Å². The second-order valence-electron chi connectivity index (χ2n) is 6.56. The van der Waals surface area contributed by atoms with Crippen LogP contribution in [-0.4, -0.2) is 5.78 Å². The predicted octanol–water partition coefficient (Wildman–Crippen LogP) is 5.52. The van der Waals surface area contributed by atoms with Gasteiger partial charge in [0.2, 0.25) is 0 Å². The summed E-state index contributed by atoms with van der Waals surface area (Å²) in [6.07, 6.45) is 15.2. The van der Waals surface area contributed by atoms with Gasteiger partial charge >= 0.3 is 0 Å². The quantitative estimate of drug-likeness (QED) is 0.554. The summed E-state index contributed by atoms with van der Waals surface area (Å²) in [5, 5.41) is 0. The van der Waals surface area contributed by atoms with Gasteiger partial charge in [0, 0.05) is 12.8 Å². The molecule has 0 bridgehead atoms. The Labute approximate surface area is 114 Å². The van der Waals surface area contributed by atoms with Crippen molar-refractivity contribution < 1.29 is 4.79 Å². The monoisotopic (exact) mass is 252 g/mol. The van der Waals surface area contributed by atoms with E-state index in [4.69, 9.17) is 0 Å². The topological polar surface area (TPSA) is 17.1 Å². The zero-order valence-corrected chi connectivity index (χ0v) is 12.5. The molecule has 1 heteroatoms. The normalized spacial score (nSPS) is 30.4. The highest BCUT2D eigenvalue weighted by molar-refractivity contribution is 5.78. The minimum atomic E-state index is 0.505. The average Bonchev–Trinajstić information content (AvgIpc) is 2.30. The maximum atomic E-state index is 11.9. The molecular formula is C17H32O. The molecule has 1 saturated carbocycles. The highest BCUT2D eigenvalue weighted by atomic mass is 16.1. The summed E-state index contributed by atoms with van der Waals surface area (Å²) in [6.45, 7) is 4.50. The van der Waals surface area contributed by atoms with E-state index < -0.39 is 0 Å². The van der Waals surface area contributed by atoms with Crippen LogP contribution in [-0.2, 0) is 4.79 Å². The fraction of sp³-hybridized carbons (Fsp3) is 0.941. The Morgan fingerprint density at radius 3 is 1.39 bits per heavy atom. The number of carbonyl (C=O) groups is 1. The zero-order chi connectivity index (χ0) is 13.2. The molecule has 1 fully saturated rings. The van der Waals surface area contributed by atoms with Crippen LogP contribution in [0.1, 0.15) is 90.9 Å². The van der Waals surface area contributed by atoms with E-state index in [-0.39, 0.29) is 0 Å². The van der Waals surface area contributed by atoms with Gasteiger partial charge in [0.05, 0.1) is 0 Å². The third-order valence-electron chi connectivity index (χ3n) is 4.30. The third kappa shape index (κ3) is 7.89. The third-order valence-corrected chi connectivity index (χ3v) is 4.30. The van der Waals surface area contributed by atoms with E-state index in [0.29, 0.717) is 17.6 Å². The number of carbonyl (C=O) groups excluding carboxylic acids is 1. The van der Waals surface area contributed by atoms with Crippen LogP contribution in [0.4, 0.5) is 0 Å². The number of rotatable bonds is 0. The average molecular weight is 252 g/mol. The van der Waals surface area contributed by atoms with E-state index in [0.717, 1.165) is 12.8 Å². The Morgan fingerprint density at radius 1 is 0.667 bits per heavy atom. The summed E-state index contributed by atoms with van der Waals surface area (Å²) in [5.41, 5.74) is 0. The fourth-order valence-electron chi connectivity index (χ4n) is 3.11. The van der Waals surface area contributed by atoms with Crippen molar-refractivity contribution in [3.63, 3.8) is 0 Å². The Kier molecular flexibility index (Phi) is 8.37. The lowest BCUT2D eigenvalue weighted by Gasteiger charge is -2.13. The van der Waals surface area contributed by atoms with Crippen LogP contribution in [0.3, 0.4) is 0 Å². The summed E-state index contributed by atoms with van der Waals surface area (Å²) < 4.78 is 0. The van der Waals surface area contributed by atoms with Crippen molar-refractivity contribution >= 4 is 5.78 Å². The van der Waals surface area contributed by atoms with Crippen molar-refractivity contribution in [1.29, 1.82) is 0 Å². The number of ketones is 1. The summed E-state index contributed by atoms with van der Waals surface area (Å²) >= 11 is 0. The highest BCUT2D eigenvalue weighted by Gasteiger charge is 2.13. The van der Waals surface area contributed by atoms with Crippen molar-refractivity contribution in [2.45, 2.75) is 90.9 Å². The van der Waals surface area contributed by atoms with E-state index >= 15 is 0 Å². The molecule has 0 aromatic heterocycles. The minimum absolute atomic E-state index is 0.505. The Balaban J connectivity index is 2.33. The second kappa shape index (κ2) is 9.58. The SMILES string of the molecule is C[C@@H]1CCCCCCCCCC[C@@H](C)CC(=O)C1. The summed E-state index contributed by atoms with van der Waals surface area (Å²) in [7, 11) is 0. The molecule has 1 nitrogen and oxygen atoms in total. The van der Waals surface area contributed by atoms with E-state index in [2.05, 4.69) is 13.8 Å². The van der Waals surface area contributed by atoms with Crippen molar-refractivity contribution in [3.05, 3.63) is 0 Å². The first-order chi connectivity index (χ1) is 8.68. The van der Waals surface area contributed by atoms with E-state index in [1.807, 2.05) is 0 Å². The summed E-state index contributed by atoms with van der Waals surface area (Å²) in [6, 6.07) is 0. The molecule has 106 valence electrons. The number of Topliss-reactive ketones (excluding diaryl/α,β-unsaturated/α-hetero) is 1. The predicted molar refractivity (Wildman–Crippen MR) is 78.7 cm³/mol. The molecule has 0 amide bonds. The molecule has 0 N–H and O–H groups in total. The van der Waals surface area contributed by atoms with E-state index in [9.17, 15) is 4.79 Å². The van der Waals surface area contributed by atoms with E-state index in [1.165, 1.54) is 64.2 Å². The van der Waals surface area contributed by atoms with Crippen molar-refractivity contribution in [1.82, 2.24) is 0 Å². The van der Waals surface area contributed by atoms with Gasteiger partial charge in [-0.1, -0.05) is 78.1 Å². The Morgan fingerprint density at radius 2 is 1.00 bits per heavy atom. The van der Waals surface area contributed by atoms with Crippen LogP contribution >= 0.6 is 0 Å². The Hall–Kier alpha value is -0.330. The van der Waals surface area contributed by atoms with Gasteiger partial charge < -0.3 is 0 Å². The molecule has 0 saturated heterocycles. The van der Waals surface area contributed by atoms with Crippen LogP contribution in [0, 0.1) is 11.8 Å². The van der Waals surface area contributed by atoms with E-state index in [1.54, 1.807) is 0 Å². The fourth-order valence-corrected chi connectivity index (χ4v) is 3.11. The summed E-state index contributed by atoms with van der Waals surface area (Å²) in [4.78, 5) is 11.9. The van der Waals surface area contributed by atoms with Crippen LogP contribution in [0.5, 0.6) is 0 Å². The van der Waals surface area contributed by atoms with Gasteiger partial charge in [-0.05, 0) is 11.8 Å². The molecule has 0 aromatic carbocycles. The molecule has 0 radical (unpaired) electrons. The zero-order valence-electron chi connectivity index (χ0n) is 12.5. The molecule has 0 spiro atoms. The van der Waals surface area contributed by atoms with Crippen molar-refractivity contribution in [2.75, 3.05) is 0 Å². The van der Waals surface area contributed by atoms with Gasteiger partial charge in [0.1, 0.15) is 5.78 Å². The van der Waals surface area contributed by atoms with Crippen LogP contribution < -0.4 is 0 Å². The van der Waals surface area contributed by atoms with Gasteiger partial charge in [0.15, 0.2) is 0 Å². The minimum Gasteiger partial charge on any atom is -0.300 e. The molecule has 0 heterocycles. The largest absolute Gasteiger partial charge is 0.300 e. The van der Waals surface area contributed by atoms with Gasteiger partial charge in [-0.2, -0.15) is 0 Å². The maximum Gasteiger partial charge on any atom is 0.133 e. The molecule has 1 aliphatic rings. The first kappa shape index (κ1) is 15.7. The molecule has 0 unspecified atom stereocenters. The molecule has 18 heavy (non-hydrogen) atoms. The highest BCUT2D eigenvalue weighted by Crippen LogP contribution is 2.21. The molecular weight excluding hydrogens is 220 g/mol. The standard InChI is InChI=1S/C17H32O/c1-15-11-9-7-5-3-4-6-8-10-12-16(2)14-17(18)13-15/h15-16H,3-14H2,1-2H3/t15-,16-/m1/s1.